The third-order valence-electron chi connectivity index (χ3n) is 1.59. The first-order valence-electron chi connectivity index (χ1n) is 4.30. The van der Waals surface area contributed by atoms with E-state index in [1.54, 1.807) is 0 Å². The van der Waals surface area contributed by atoms with Crippen molar-refractivity contribution in [3.8, 4) is 5.75 Å². The highest BCUT2D eigenvalue weighted by atomic mass is 19.1. The highest BCUT2D eigenvalue weighted by Crippen LogP contribution is 2.16. The molecule has 0 heterocycles. The lowest BCUT2D eigenvalue weighted by Crippen LogP contribution is -2.00. The van der Waals surface area contributed by atoms with E-state index in [-0.39, 0.29) is 11.3 Å². The zero-order valence-corrected chi connectivity index (χ0v) is 7.79. The Kier molecular flexibility index (Phi) is 3.45. The average Bonchev–Trinajstić information content (AvgIpc) is 2.14. The van der Waals surface area contributed by atoms with Crippen molar-refractivity contribution in [3.05, 3.63) is 29.6 Å². The summed E-state index contributed by atoms with van der Waals surface area (Å²) in [5.41, 5.74) is -0.101. The zero-order chi connectivity index (χ0) is 10.6. The largest absolute Gasteiger partial charge is 0.493 e. The number of carboxylic acid groups (broad SMARTS) is 1. The molecule has 0 aromatic heterocycles. The van der Waals surface area contributed by atoms with Crippen LogP contribution in [0.1, 0.15) is 23.7 Å². The number of benzene rings is 1. The van der Waals surface area contributed by atoms with Gasteiger partial charge in [-0.3, -0.25) is 0 Å². The molecular weight excluding hydrogens is 187 g/mol. The SMILES string of the molecule is CCCOc1cc(F)cc(C(=O)O)c1. The maximum atomic E-state index is 12.9. The van der Waals surface area contributed by atoms with E-state index in [9.17, 15) is 9.18 Å². The molecule has 4 heteroatoms. The van der Waals surface area contributed by atoms with Gasteiger partial charge in [0.05, 0.1) is 12.2 Å². The predicted molar refractivity (Wildman–Crippen MR) is 49.1 cm³/mol. The fourth-order valence-electron chi connectivity index (χ4n) is 0.989. The van der Waals surface area contributed by atoms with Crippen LogP contribution in [0, 0.1) is 5.82 Å². The number of aromatic carboxylic acids is 1. The summed E-state index contributed by atoms with van der Waals surface area (Å²) in [6.07, 6.45) is 0.791. The van der Waals surface area contributed by atoms with E-state index in [4.69, 9.17) is 9.84 Å². The van der Waals surface area contributed by atoms with Crippen LogP contribution in [-0.2, 0) is 0 Å². The number of halogens is 1. The van der Waals surface area contributed by atoms with E-state index in [0.29, 0.717) is 6.61 Å². The minimum Gasteiger partial charge on any atom is -0.493 e. The van der Waals surface area contributed by atoms with Crippen LogP contribution in [0.25, 0.3) is 0 Å². The Balaban J connectivity index is 2.89. The summed E-state index contributed by atoms with van der Waals surface area (Å²) in [6.45, 7) is 2.36. The molecule has 1 aromatic rings. The molecule has 3 nitrogen and oxygen atoms in total. The molecule has 0 aliphatic rings. The number of hydrogen-bond donors (Lipinski definition) is 1. The maximum absolute atomic E-state index is 12.9. The van der Waals surface area contributed by atoms with Crippen molar-refractivity contribution >= 4 is 5.97 Å². The van der Waals surface area contributed by atoms with Gasteiger partial charge in [0.25, 0.3) is 0 Å². The van der Waals surface area contributed by atoms with E-state index in [1.807, 2.05) is 6.92 Å². The molecule has 0 aliphatic carbocycles. The standard InChI is InChI=1S/C10H11FO3/c1-2-3-14-9-5-7(10(12)13)4-8(11)6-9/h4-6H,2-3H2,1H3,(H,12,13). The van der Waals surface area contributed by atoms with Gasteiger partial charge in [-0.05, 0) is 18.6 Å². The minimum atomic E-state index is -1.16. The molecular formula is C10H11FO3. The van der Waals surface area contributed by atoms with Crippen molar-refractivity contribution in [2.24, 2.45) is 0 Å². The maximum Gasteiger partial charge on any atom is 0.335 e. The minimum absolute atomic E-state index is 0.101. The summed E-state index contributed by atoms with van der Waals surface area (Å²) >= 11 is 0. The van der Waals surface area contributed by atoms with Crippen molar-refractivity contribution in [2.75, 3.05) is 6.61 Å². The van der Waals surface area contributed by atoms with Gasteiger partial charge in [0.1, 0.15) is 11.6 Å². The fourth-order valence-corrected chi connectivity index (χ4v) is 0.989. The molecule has 1 rings (SSSR count). The molecule has 0 amide bonds. The summed E-state index contributed by atoms with van der Waals surface area (Å²) in [6, 6.07) is 3.43. The summed E-state index contributed by atoms with van der Waals surface area (Å²) in [7, 11) is 0. The first-order valence-corrected chi connectivity index (χ1v) is 4.30. The normalized spacial score (nSPS) is 9.86. The lowest BCUT2D eigenvalue weighted by Gasteiger charge is -2.05. The number of ether oxygens (including phenoxy) is 1. The summed E-state index contributed by atoms with van der Waals surface area (Å²) in [5.74, 6) is -1.51. The Bertz CT molecular complexity index is 336. The third-order valence-corrected chi connectivity index (χ3v) is 1.59. The highest BCUT2D eigenvalue weighted by molar-refractivity contribution is 5.88. The third kappa shape index (κ3) is 2.73. The smallest absolute Gasteiger partial charge is 0.335 e. The number of carboxylic acids is 1. The van der Waals surface area contributed by atoms with Crippen LogP contribution in [0.2, 0.25) is 0 Å². The molecule has 0 fully saturated rings. The molecule has 0 saturated carbocycles. The van der Waals surface area contributed by atoms with Gasteiger partial charge in [0, 0.05) is 6.07 Å². The van der Waals surface area contributed by atoms with Crippen molar-refractivity contribution in [2.45, 2.75) is 13.3 Å². The Morgan fingerprint density at radius 3 is 2.79 bits per heavy atom. The van der Waals surface area contributed by atoms with Gasteiger partial charge in [0.15, 0.2) is 0 Å². The Morgan fingerprint density at radius 2 is 2.21 bits per heavy atom. The number of rotatable bonds is 4. The Morgan fingerprint density at radius 1 is 1.50 bits per heavy atom. The lowest BCUT2D eigenvalue weighted by atomic mass is 10.2. The summed E-state index contributed by atoms with van der Waals surface area (Å²) in [5, 5.41) is 8.64. The van der Waals surface area contributed by atoms with E-state index < -0.39 is 11.8 Å². The van der Waals surface area contributed by atoms with Crippen LogP contribution in [-0.4, -0.2) is 17.7 Å². The first kappa shape index (κ1) is 10.5. The second-order valence-corrected chi connectivity index (χ2v) is 2.83. The van der Waals surface area contributed by atoms with Crippen molar-refractivity contribution in [3.63, 3.8) is 0 Å². The van der Waals surface area contributed by atoms with Gasteiger partial charge in [0.2, 0.25) is 0 Å². The van der Waals surface area contributed by atoms with Gasteiger partial charge >= 0.3 is 5.97 Å². The molecule has 76 valence electrons. The fraction of sp³-hybridized carbons (Fsp3) is 0.300. The van der Waals surface area contributed by atoms with Crippen LogP contribution in [0.5, 0.6) is 5.75 Å². The predicted octanol–water partition coefficient (Wildman–Crippen LogP) is 2.31. The second kappa shape index (κ2) is 4.60. The lowest BCUT2D eigenvalue weighted by molar-refractivity contribution is 0.0695. The van der Waals surface area contributed by atoms with Gasteiger partial charge in [-0.1, -0.05) is 6.92 Å². The number of carbonyl (C=O) groups is 1. The molecule has 0 bridgehead atoms. The topological polar surface area (TPSA) is 46.5 Å². The van der Waals surface area contributed by atoms with Gasteiger partial charge in [-0.25, -0.2) is 9.18 Å². The van der Waals surface area contributed by atoms with Gasteiger partial charge in [-0.15, -0.1) is 0 Å². The Hall–Kier alpha value is -1.58. The van der Waals surface area contributed by atoms with Gasteiger partial charge in [-0.2, -0.15) is 0 Å². The molecule has 1 N–H and O–H groups in total. The van der Waals surface area contributed by atoms with E-state index in [0.717, 1.165) is 12.5 Å². The van der Waals surface area contributed by atoms with Crippen LogP contribution in [0.3, 0.4) is 0 Å². The van der Waals surface area contributed by atoms with Crippen LogP contribution in [0.4, 0.5) is 4.39 Å². The summed E-state index contributed by atoms with van der Waals surface area (Å²) in [4.78, 5) is 10.6. The quantitative estimate of drug-likeness (QED) is 0.807. The molecule has 0 aliphatic heterocycles. The molecule has 0 saturated heterocycles. The Labute approximate surface area is 81.1 Å². The van der Waals surface area contributed by atoms with Crippen molar-refractivity contribution in [1.29, 1.82) is 0 Å². The monoisotopic (exact) mass is 198 g/mol. The first-order chi connectivity index (χ1) is 6.63. The second-order valence-electron chi connectivity index (χ2n) is 2.83. The van der Waals surface area contributed by atoms with Crippen LogP contribution < -0.4 is 4.74 Å². The van der Waals surface area contributed by atoms with Crippen molar-refractivity contribution < 1.29 is 19.0 Å². The number of hydrogen-bond acceptors (Lipinski definition) is 2. The zero-order valence-electron chi connectivity index (χ0n) is 7.79. The molecule has 0 unspecified atom stereocenters. The van der Waals surface area contributed by atoms with E-state index in [2.05, 4.69) is 0 Å². The molecule has 0 atom stereocenters. The molecule has 0 spiro atoms. The van der Waals surface area contributed by atoms with E-state index >= 15 is 0 Å². The van der Waals surface area contributed by atoms with Crippen LogP contribution >= 0.6 is 0 Å². The van der Waals surface area contributed by atoms with E-state index in [1.165, 1.54) is 12.1 Å². The van der Waals surface area contributed by atoms with Crippen molar-refractivity contribution in [1.82, 2.24) is 0 Å². The van der Waals surface area contributed by atoms with Gasteiger partial charge < -0.3 is 9.84 Å². The average molecular weight is 198 g/mol. The highest BCUT2D eigenvalue weighted by Gasteiger charge is 2.07. The molecule has 0 radical (unpaired) electrons. The summed E-state index contributed by atoms with van der Waals surface area (Å²) < 4.78 is 18.0. The van der Waals surface area contributed by atoms with Crippen LogP contribution in [0.15, 0.2) is 18.2 Å². The molecule has 1 aromatic carbocycles. The molecule has 14 heavy (non-hydrogen) atoms.